The number of carbonyl (C=O) groups is 2. The number of methoxy groups -OCH3 is 2. The quantitative estimate of drug-likeness (QED) is 0.405. The number of hydrogen-bond donors (Lipinski definition) is 1. The monoisotopic (exact) mass is 408 g/mol. The molecule has 0 radical (unpaired) electrons. The van der Waals surface area contributed by atoms with Gasteiger partial charge in [-0.2, -0.15) is 0 Å². The van der Waals surface area contributed by atoms with Crippen molar-refractivity contribution < 1.29 is 28.7 Å². The number of ether oxygens (including phenoxy) is 3. The number of nitrogens with one attached hydrogen (secondary N) is 1. The molecule has 9 nitrogen and oxygen atoms in total. The first-order valence-electron chi connectivity index (χ1n) is 7.94. The molecule has 0 spiro atoms. The average Bonchev–Trinajstić information content (AvgIpc) is 2.70. The predicted molar refractivity (Wildman–Crippen MR) is 99.8 cm³/mol. The fourth-order valence-electron chi connectivity index (χ4n) is 2.24. The highest BCUT2D eigenvalue weighted by atomic mass is 35.5. The van der Waals surface area contributed by atoms with Crippen LogP contribution in [0.2, 0.25) is 5.02 Å². The SMILES string of the molecule is COc1ccc(CNC(=O)COC(=O)c2ccc(Cl)c([N+](=O)[O-])c2)cc1OC. The van der Waals surface area contributed by atoms with Crippen molar-refractivity contribution in [2.45, 2.75) is 6.54 Å². The molecule has 0 heterocycles. The summed E-state index contributed by atoms with van der Waals surface area (Å²) in [5.74, 6) is -0.332. The minimum atomic E-state index is -0.874. The second-order valence-electron chi connectivity index (χ2n) is 5.47. The van der Waals surface area contributed by atoms with Crippen molar-refractivity contribution in [3.05, 3.63) is 62.7 Å². The highest BCUT2D eigenvalue weighted by Gasteiger charge is 2.18. The molecular formula is C18H17ClN2O7. The van der Waals surface area contributed by atoms with Crippen LogP contribution in [0.3, 0.4) is 0 Å². The Kier molecular flexibility index (Phi) is 7.16. The maximum Gasteiger partial charge on any atom is 0.338 e. The lowest BCUT2D eigenvalue weighted by Crippen LogP contribution is -2.28. The van der Waals surface area contributed by atoms with Gasteiger partial charge in [-0.15, -0.1) is 0 Å². The summed E-state index contributed by atoms with van der Waals surface area (Å²) < 4.78 is 15.2. The first-order valence-corrected chi connectivity index (χ1v) is 8.32. The van der Waals surface area contributed by atoms with Crippen LogP contribution < -0.4 is 14.8 Å². The molecule has 2 rings (SSSR count). The zero-order chi connectivity index (χ0) is 20.7. The highest BCUT2D eigenvalue weighted by molar-refractivity contribution is 6.32. The Morgan fingerprint density at radius 2 is 1.82 bits per heavy atom. The lowest BCUT2D eigenvalue weighted by atomic mass is 10.2. The van der Waals surface area contributed by atoms with E-state index >= 15 is 0 Å². The molecule has 2 aromatic rings. The van der Waals surface area contributed by atoms with Crippen LogP contribution in [0.4, 0.5) is 5.69 Å². The van der Waals surface area contributed by atoms with Gasteiger partial charge in [-0.1, -0.05) is 17.7 Å². The van der Waals surface area contributed by atoms with Gasteiger partial charge in [0.1, 0.15) is 5.02 Å². The average molecular weight is 409 g/mol. The van der Waals surface area contributed by atoms with Crippen molar-refractivity contribution in [1.29, 1.82) is 0 Å². The molecule has 0 aliphatic rings. The Labute approximate surface area is 165 Å². The normalized spacial score (nSPS) is 10.1. The van der Waals surface area contributed by atoms with E-state index < -0.39 is 29.1 Å². The van der Waals surface area contributed by atoms with Crippen molar-refractivity contribution in [2.24, 2.45) is 0 Å². The molecule has 10 heteroatoms. The third-order valence-corrected chi connectivity index (χ3v) is 3.97. The first kappa shape index (κ1) is 21.0. The van der Waals surface area contributed by atoms with Crippen LogP contribution in [-0.4, -0.2) is 37.6 Å². The summed E-state index contributed by atoms with van der Waals surface area (Å²) in [6.45, 7) is -0.355. The molecule has 0 saturated heterocycles. The molecule has 28 heavy (non-hydrogen) atoms. The number of esters is 1. The largest absolute Gasteiger partial charge is 0.493 e. The number of nitrogens with zero attached hydrogens (tertiary/aromatic N) is 1. The Balaban J connectivity index is 1.90. The molecular weight excluding hydrogens is 392 g/mol. The number of amides is 1. The van der Waals surface area contributed by atoms with Gasteiger partial charge in [0.05, 0.1) is 24.7 Å². The smallest absolute Gasteiger partial charge is 0.338 e. The summed E-state index contributed by atoms with van der Waals surface area (Å²) in [7, 11) is 3.02. The number of hydrogen-bond acceptors (Lipinski definition) is 7. The van der Waals surface area contributed by atoms with Gasteiger partial charge in [-0.25, -0.2) is 4.79 Å². The van der Waals surface area contributed by atoms with E-state index in [4.69, 9.17) is 25.8 Å². The maximum absolute atomic E-state index is 12.0. The lowest BCUT2D eigenvalue weighted by molar-refractivity contribution is -0.384. The van der Waals surface area contributed by atoms with Crippen molar-refractivity contribution in [1.82, 2.24) is 5.32 Å². The van der Waals surface area contributed by atoms with Gasteiger partial charge in [0.2, 0.25) is 0 Å². The molecule has 0 saturated carbocycles. The van der Waals surface area contributed by atoms with Crippen molar-refractivity contribution in [3.63, 3.8) is 0 Å². The molecule has 1 N–H and O–H groups in total. The van der Waals surface area contributed by atoms with Crippen LogP contribution in [0.15, 0.2) is 36.4 Å². The van der Waals surface area contributed by atoms with E-state index in [0.717, 1.165) is 11.6 Å². The van der Waals surface area contributed by atoms with Gasteiger partial charge in [0.15, 0.2) is 18.1 Å². The van der Waals surface area contributed by atoms with Gasteiger partial charge < -0.3 is 19.5 Å². The number of nitro benzene ring substituents is 1. The Hall–Kier alpha value is -3.33. The topological polar surface area (TPSA) is 117 Å². The van der Waals surface area contributed by atoms with Crippen LogP contribution in [0.25, 0.3) is 0 Å². The molecule has 1 amide bonds. The summed E-state index contributed by atoms with van der Waals surface area (Å²) >= 11 is 5.69. The molecule has 0 aliphatic carbocycles. The van der Waals surface area contributed by atoms with Crippen molar-refractivity contribution in [3.8, 4) is 11.5 Å². The third-order valence-electron chi connectivity index (χ3n) is 3.65. The second kappa shape index (κ2) is 9.56. The molecule has 0 aliphatic heterocycles. The van der Waals surface area contributed by atoms with E-state index in [1.807, 2.05) is 0 Å². The molecule has 148 valence electrons. The van der Waals surface area contributed by atoms with Gasteiger partial charge in [0, 0.05) is 12.6 Å². The third kappa shape index (κ3) is 5.34. The number of carbonyl (C=O) groups excluding carboxylic acids is 2. The fraction of sp³-hybridized carbons (Fsp3) is 0.222. The maximum atomic E-state index is 12.0. The van der Waals surface area contributed by atoms with E-state index in [1.54, 1.807) is 18.2 Å². The highest BCUT2D eigenvalue weighted by Crippen LogP contribution is 2.27. The summed E-state index contributed by atoms with van der Waals surface area (Å²) in [5.41, 5.74) is 0.253. The molecule has 0 fully saturated rings. The van der Waals surface area contributed by atoms with E-state index in [2.05, 4.69) is 5.32 Å². The predicted octanol–water partition coefficient (Wildman–Crippen LogP) is 2.74. The van der Waals surface area contributed by atoms with Gasteiger partial charge in [0.25, 0.3) is 11.6 Å². The minimum Gasteiger partial charge on any atom is -0.493 e. The molecule has 0 bridgehead atoms. The summed E-state index contributed by atoms with van der Waals surface area (Å²) in [5, 5.41) is 13.3. The number of benzene rings is 2. The van der Waals surface area contributed by atoms with E-state index in [9.17, 15) is 19.7 Å². The van der Waals surface area contributed by atoms with Crippen molar-refractivity contribution in [2.75, 3.05) is 20.8 Å². The zero-order valence-electron chi connectivity index (χ0n) is 15.1. The van der Waals surface area contributed by atoms with E-state index in [-0.39, 0.29) is 17.1 Å². The van der Waals surface area contributed by atoms with Crippen LogP contribution in [0.5, 0.6) is 11.5 Å². The second-order valence-corrected chi connectivity index (χ2v) is 5.87. The van der Waals surface area contributed by atoms with Crippen molar-refractivity contribution >= 4 is 29.2 Å². The zero-order valence-corrected chi connectivity index (χ0v) is 15.8. The molecule has 0 aromatic heterocycles. The summed E-state index contributed by atoms with van der Waals surface area (Å²) in [4.78, 5) is 34.0. The van der Waals surface area contributed by atoms with E-state index in [1.165, 1.54) is 26.4 Å². The van der Waals surface area contributed by atoms with Gasteiger partial charge in [-0.05, 0) is 29.8 Å². The summed E-state index contributed by atoms with van der Waals surface area (Å²) in [6, 6.07) is 8.64. The minimum absolute atomic E-state index is 0.0798. The summed E-state index contributed by atoms with van der Waals surface area (Å²) in [6.07, 6.45) is 0. The lowest BCUT2D eigenvalue weighted by Gasteiger charge is -2.10. The Bertz CT molecular complexity index is 901. The number of halogens is 1. The Morgan fingerprint density at radius 1 is 1.11 bits per heavy atom. The van der Waals surface area contributed by atoms with Crippen LogP contribution in [0.1, 0.15) is 15.9 Å². The molecule has 2 aromatic carbocycles. The molecule has 0 atom stereocenters. The first-order chi connectivity index (χ1) is 13.3. The van der Waals surface area contributed by atoms with Crippen LogP contribution >= 0.6 is 11.6 Å². The van der Waals surface area contributed by atoms with E-state index in [0.29, 0.717) is 11.5 Å². The Morgan fingerprint density at radius 3 is 2.46 bits per heavy atom. The van der Waals surface area contributed by atoms with Gasteiger partial charge >= 0.3 is 5.97 Å². The van der Waals surface area contributed by atoms with Crippen LogP contribution in [0, 0.1) is 10.1 Å². The fourth-order valence-corrected chi connectivity index (χ4v) is 2.42. The standard InChI is InChI=1S/C18H17ClN2O7/c1-26-15-6-3-11(7-16(15)27-2)9-20-17(22)10-28-18(23)12-4-5-13(19)14(8-12)21(24)25/h3-8H,9-10H2,1-2H3,(H,20,22). The molecule has 0 unspecified atom stereocenters. The number of nitro groups is 1. The van der Waals surface area contributed by atoms with Gasteiger partial charge in [-0.3, -0.25) is 14.9 Å². The number of rotatable bonds is 8. The van der Waals surface area contributed by atoms with Crippen LogP contribution in [-0.2, 0) is 16.1 Å².